The van der Waals surface area contributed by atoms with E-state index in [9.17, 15) is 14.9 Å². The lowest BCUT2D eigenvalue weighted by atomic mass is 10.0. The van der Waals surface area contributed by atoms with Crippen molar-refractivity contribution in [3.05, 3.63) is 33.9 Å². The Hall–Kier alpha value is -2.62. The molecule has 0 radical (unpaired) electrons. The third-order valence-corrected chi connectivity index (χ3v) is 3.55. The number of hydrogen-bond acceptors (Lipinski definition) is 5. The SMILES string of the molecule is N#Cc1ccc(N[C@@H]2CCC[C@@H]2C(N)=O)c([N+](=O)[O-])c1. The predicted octanol–water partition coefficient (Wildman–Crippen LogP) is 1.53. The van der Waals surface area contributed by atoms with Crippen LogP contribution in [0, 0.1) is 27.4 Å². The van der Waals surface area contributed by atoms with E-state index in [-0.39, 0.29) is 23.2 Å². The van der Waals surface area contributed by atoms with Crippen LogP contribution in [0.25, 0.3) is 0 Å². The van der Waals surface area contributed by atoms with E-state index in [0.717, 1.165) is 12.8 Å². The molecule has 0 spiro atoms. The van der Waals surface area contributed by atoms with Gasteiger partial charge in [0.2, 0.25) is 5.91 Å². The van der Waals surface area contributed by atoms with Gasteiger partial charge < -0.3 is 11.1 Å². The minimum Gasteiger partial charge on any atom is -0.376 e. The van der Waals surface area contributed by atoms with Crippen LogP contribution in [0.3, 0.4) is 0 Å². The maximum Gasteiger partial charge on any atom is 0.293 e. The Morgan fingerprint density at radius 1 is 1.50 bits per heavy atom. The number of primary amides is 1. The molecule has 0 heterocycles. The molecule has 0 aliphatic heterocycles. The largest absolute Gasteiger partial charge is 0.376 e. The number of carbonyl (C=O) groups excluding carboxylic acids is 1. The number of nitro benzene ring substituents is 1. The van der Waals surface area contributed by atoms with E-state index >= 15 is 0 Å². The summed E-state index contributed by atoms with van der Waals surface area (Å²) in [5, 5.41) is 22.8. The molecule has 1 aromatic carbocycles. The number of nitrogens with two attached hydrogens (primary N) is 1. The minimum atomic E-state index is -0.544. The Kier molecular flexibility index (Phi) is 3.84. The Labute approximate surface area is 115 Å². The lowest BCUT2D eigenvalue weighted by Crippen LogP contribution is -2.34. The van der Waals surface area contributed by atoms with Crippen LogP contribution in [0.2, 0.25) is 0 Å². The van der Waals surface area contributed by atoms with E-state index in [2.05, 4.69) is 5.32 Å². The monoisotopic (exact) mass is 274 g/mol. The topological polar surface area (TPSA) is 122 Å². The molecule has 0 aromatic heterocycles. The summed E-state index contributed by atoms with van der Waals surface area (Å²) in [6.07, 6.45) is 2.29. The number of anilines is 1. The van der Waals surface area contributed by atoms with Gasteiger partial charge in [-0.1, -0.05) is 6.42 Å². The van der Waals surface area contributed by atoms with Gasteiger partial charge in [-0.15, -0.1) is 0 Å². The molecule has 1 saturated carbocycles. The molecule has 1 aromatic rings. The van der Waals surface area contributed by atoms with Crippen LogP contribution in [0.5, 0.6) is 0 Å². The van der Waals surface area contributed by atoms with Crippen molar-refractivity contribution in [2.75, 3.05) is 5.32 Å². The van der Waals surface area contributed by atoms with Crippen molar-refractivity contribution in [2.24, 2.45) is 11.7 Å². The van der Waals surface area contributed by atoms with E-state index in [1.54, 1.807) is 0 Å². The Morgan fingerprint density at radius 2 is 2.25 bits per heavy atom. The van der Waals surface area contributed by atoms with Gasteiger partial charge in [-0.3, -0.25) is 14.9 Å². The fourth-order valence-corrected chi connectivity index (χ4v) is 2.55. The third-order valence-electron chi connectivity index (χ3n) is 3.55. The highest BCUT2D eigenvalue weighted by molar-refractivity contribution is 5.78. The quantitative estimate of drug-likeness (QED) is 0.636. The molecule has 2 rings (SSSR count). The molecule has 0 saturated heterocycles. The first-order valence-electron chi connectivity index (χ1n) is 6.27. The van der Waals surface area contributed by atoms with Gasteiger partial charge in [0.1, 0.15) is 5.69 Å². The van der Waals surface area contributed by atoms with Gasteiger partial charge >= 0.3 is 0 Å². The van der Waals surface area contributed by atoms with Crippen LogP contribution in [-0.2, 0) is 4.79 Å². The summed E-state index contributed by atoms with van der Waals surface area (Å²) >= 11 is 0. The molecule has 104 valence electrons. The summed E-state index contributed by atoms with van der Waals surface area (Å²) in [4.78, 5) is 21.8. The molecular weight excluding hydrogens is 260 g/mol. The number of hydrogen-bond donors (Lipinski definition) is 2. The number of benzene rings is 1. The van der Waals surface area contributed by atoms with E-state index in [4.69, 9.17) is 11.0 Å². The molecule has 1 aliphatic carbocycles. The molecule has 1 fully saturated rings. The number of amides is 1. The van der Waals surface area contributed by atoms with Crippen molar-refractivity contribution < 1.29 is 9.72 Å². The van der Waals surface area contributed by atoms with Crippen LogP contribution < -0.4 is 11.1 Å². The summed E-state index contributed by atoms with van der Waals surface area (Å²) < 4.78 is 0. The van der Waals surface area contributed by atoms with Crippen LogP contribution in [0.4, 0.5) is 11.4 Å². The van der Waals surface area contributed by atoms with Crippen molar-refractivity contribution in [3.63, 3.8) is 0 Å². The average molecular weight is 274 g/mol. The molecular formula is C13H14N4O3. The van der Waals surface area contributed by atoms with E-state index in [1.165, 1.54) is 18.2 Å². The molecule has 1 aliphatic rings. The maximum absolute atomic E-state index is 11.3. The number of carbonyl (C=O) groups is 1. The number of nitro groups is 1. The summed E-state index contributed by atoms with van der Waals surface area (Å²) in [5.74, 6) is -0.707. The van der Waals surface area contributed by atoms with Crippen molar-refractivity contribution >= 4 is 17.3 Å². The van der Waals surface area contributed by atoms with Gasteiger partial charge in [0.15, 0.2) is 0 Å². The predicted molar refractivity (Wildman–Crippen MR) is 71.8 cm³/mol. The number of nitrogens with zero attached hydrogens (tertiary/aromatic N) is 2. The Morgan fingerprint density at radius 3 is 2.85 bits per heavy atom. The molecule has 2 atom stereocenters. The first-order chi connectivity index (χ1) is 9.52. The number of rotatable bonds is 4. The second-order valence-electron chi connectivity index (χ2n) is 4.79. The lowest BCUT2D eigenvalue weighted by molar-refractivity contribution is -0.384. The van der Waals surface area contributed by atoms with E-state index in [1.807, 2.05) is 6.07 Å². The van der Waals surface area contributed by atoms with Crippen molar-refractivity contribution in [3.8, 4) is 6.07 Å². The molecule has 7 heteroatoms. The van der Waals surface area contributed by atoms with Gasteiger partial charge in [0, 0.05) is 12.1 Å². The average Bonchev–Trinajstić information content (AvgIpc) is 2.87. The third kappa shape index (κ3) is 2.69. The molecule has 3 N–H and O–H groups in total. The van der Waals surface area contributed by atoms with Gasteiger partial charge in [-0.05, 0) is 25.0 Å². The van der Waals surface area contributed by atoms with Crippen LogP contribution in [0.1, 0.15) is 24.8 Å². The summed E-state index contributed by atoms with van der Waals surface area (Å²) in [5.41, 5.74) is 5.70. The van der Waals surface area contributed by atoms with Crippen LogP contribution in [-0.4, -0.2) is 16.9 Å². The second kappa shape index (κ2) is 5.57. The van der Waals surface area contributed by atoms with Crippen molar-refractivity contribution in [2.45, 2.75) is 25.3 Å². The second-order valence-corrected chi connectivity index (χ2v) is 4.79. The zero-order chi connectivity index (χ0) is 14.7. The highest BCUT2D eigenvalue weighted by atomic mass is 16.6. The van der Waals surface area contributed by atoms with Crippen molar-refractivity contribution in [1.82, 2.24) is 0 Å². The summed E-state index contributed by atoms with van der Waals surface area (Å²) in [7, 11) is 0. The van der Waals surface area contributed by atoms with Crippen molar-refractivity contribution in [1.29, 1.82) is 5.26 Å². The highest BCUT2D eigenvalue weighted by Crippen LogP contribution is 2.32. The highest BCUT2D eigenvalue weighted by Gasteiger charge is 2.32. The molecule has 7 nitrogen and oxygen atoms in total. The summed E-state index contributed by atoms with van der Waals surface area (Å²) in [6, 6.07) is 5.88. The molecule has 20 heavy (non-hydrogen) atoms. The van der Waals surface area contributed by atoms with Gasteiger partial charge in [-0.25, -0.2) is 0 Å². The van der Waals surface area contributed by atoms with Crippen LogP contribution >= 0.6 is 0 Å². The smallest absolute Gasteiger partial charge is 0.293 e. The van der Waals surface area contributed by atoms with E-state index in [0.29, 0.717) is 12.1 Å². The zero-order valence-corrected chi connectivity index (χ0v) is 10.7. The van der Waals surface area contributed by atoms with Crippen LogP contribution in [0.15, 0.2) is 18.2 Å². The van der Waals surface area contributed by atoms with Gasteiger partial charge in [0.25, 0.3) is 5.69 Å². The normalized spacial score (nSPS) is 21.1. The molecule has 1 amide bonds. The Balaban J connectivity index is 2.27. The number of nitriles is 1. The standard InChI is InChI=1S/C13H14N4O3/c14-7-8-4-5-11(12(6-8)17(19)20)16-10-3-1-2-9(10)13(15)18/h4-6,9-10,16H,1-3H2,(H2,15,18)/t9-,10+/m0/s1. The molecule has 0 bridgehead atoms. The Bertz CT molecular complexity index is 594. The first kappa shape index (κ1) is 13.8. The lowest BCUT2D eigenvalue weighted by Gasteiger charge is -2.19. The fourth-order valence-electron chi connectivity index (χ4n) is 2.55. The number of nitrogens with one attached hydrogen (secondary N) is 1. The first-order valence-corrected chi connectivity index (χ1v) is 6.27. The maximum atomic E-state index is 11.3. The molecule has 0 unspecified atom stereocenters. The summed E-state index contributed by atoms with van der Waals surface area (Å²) in [6.45, 7) is 0. The van der Waals surface area contributed by atoms with Gasteiger partial charge in [0.05, 0.1) is 22.5 Å². The fraction of sp³-hybridized carbons (Fsp3) is 0.385. The minimum absolute atomic E-state index is 0.167. The van der Waals surface area contributed by atoms with Gasteiger partial charge in [-0.2, -0.15) is 5.26 Å². The van der Waals surface area contributed by atoms with E-state index < -0.39 is 10.8 Å². The zero-order valence-electron chi connectivity index (χ0n) is 10.7.